The second kappa shape index (κ2) is 9.27. The van der Waals surface area contributed by atoms with Crippen molar-refractivity contribution in [2.45, 2.75) is 56.6 Å². The van der Waals surface area contributed by atoms with Gasteiger partial charge in [0.25, 0.3) is 0 Å². The van der Waals surface area contributed by atoms with Gasteiger partial charge in [-0.15, -0.1) is 0 Å². The number of carbonyl (C=O) groups is 1. The van der Waals surface area contributed by atoms with Gasteiger partial charge in [-0.25, -0.2) is 4.79 Å². The Morgan fingerprint density at radius 1 is 1.14 bits per heavy atom. The van der Waals surface area contributed by atoms with E-state index in [0.29, 0.717) is 5.92 Å². The summed E-state index contributed by atoms with van der Waals surface area (Å²) in [6.45, 7) is 2.67. The summed E-state index contributed by atoms with van der Waals surface area (Å²) in [5.41, 5.74) is -1.35. The van der Waals surface area contributed by atoms with Crippen molar-refractivity contribution in [1.82, 2.24) is 0 Å². The van der Waals surface area contributed by atoms with Crippen molar-refractivity contribution >= 4 is 5.97 Å². The summed E-state index contributed by atoms with van der Waals surface area (Å²) in [6, 6.07) is 6.42. The first kappa shape index (κ1) is 22.7. The predicted molar refractivity (Wildman–Crippen MR) is 96.2 cm³/mol. The van der Waals surface area contributed by atoms with Gasteiger partial charge in [-0.3, -0.25) is 0 Å². The minimum Gasteiger partial charge on any atom is -0.479 e. The molecule has 1 aromatic rings. The summed E-state index contributed by atoms with van der Waals surface area (Å²) in [5.74, 6) is -1.15. The van der Waals surface area contributed by atoms with Crippen molar-refractivity contribution in [1.29, 1.82) is 0 Å². The highest BCUT2D eigenvalue weighted by Gasteiger charge is 2.46. The van der Waals surface area contributed by atoms with Crippen molar-refractivity contribution in [3.63, 3.8) is 0 Å². The Morgan fingerprint density at radius 2 is 1.75 bits per heavy atom. The average molecular weight is 400 g/mol. The van der Waals surface area contributed by atoms with Crippen LogP contribution in [0.3, 0.4) is 0 Å². The lowest BCUT2D eigenvalue weighted by molar-refractivity contribution is -0.308. The molecule has 1 aliphatic heterocycles. The first-order chi connectivity index (χ1) is 13.1. The molecule has 1 saturated heterocycles. The Labute approximate surface area is 162 Å². The molecule has 0 aromatic heterocycles. The smallest absolute Gasteiger partial charge is 0.342 e. The monoisotopic (exact) mass is 400 g/mol. The molecule has 0 aliphatic carbocycles. The molecule has 158 valence electrons. The largest absolute Gasteiger partial charge is 0.479 e. The zero-order valence-corrected chi connectivity index (χ0v) is 15.8. The second-order valence-corrected chi connectivity index (χ2v) is 7.47. The minimum atomic E-state index is -2.42. The number of aliphatic hydroxyl groups excluding tert-OH is 4. The first-order valence-electron chi connectivity index (χ1n) is 9.07. The third kappa shape index (κ3) is 4.87. The van der Waals surface area contributed by atoms with Gasteiger partial charge in [0.15, 0.2) is 6.29 Å². The number of carboxylic acids is 1. The van der Waals surface area contributed by atoms with Gasteiger partial charge >= 0.3 is 5.97 Å². The maximum absolute atomic E-state index is 11.7. The fourth-order valence-electron chi connectivity index (χ4n) is 3.06. The second-order valence-electron chi connectivity index (χ2n) is 7.47. The van der Waals surface area contributed by atoms with Gasteiger partial charge in [-0.1, -0.05) is 38.1 Å². The Hall–Kier alpha value is -1.59. The van der Waals surface area contributed by atoms with Gasteiger partial charge in [0.1, 0.15) is 24.4 Å². The summed E-state index contributed by atoms with van der Waals surface area (Å²) in [5, 5.41) is 58.9. The van der Waals surface area contributed by atoms with Crippen molar-refractivity contribution in [2.75, 3.05) is 13.2 Å². The van der Waals surface area contributed by atoms with Gasteiger partial charge in [0.2, 0.25) is 5.60 Å². The lowest BCUT2D eigenvalue weighted by Crippen LogP contribution is -2.59. The molecule has 9 heteroatoms. The number of hydrogen-bond donors (Lipinski definition) is 6. The van der Waals surface area contributed by atoms with E-state index in [1.54, 1.807) is 12.1 Å². The summed E-state index contributed by atoms with van der Waals surface area (Å²) in [7, 11) is 0. The normalized spacial score (nSPS) is 30.2. The SMILES string of the molecule is CC(C)Cc1ccc(C(O)(COC2O[C@H](CO)[C@@H](O)[C@H](O)[C@H]2O)C(=O)O)cc1. The molecule has 1 heterocycles. The Balaban J connectivity index is 2.14. The zero-order valence-electron chi connectivity index (χ0n) is 15.8. The van der Waals surface area contributed by atoms with Crippen LogP contribution >= 0.6 is 0 Å². The highest BCUT2D eigenvalue weighted by atomic mass is 16.7. The summed E-state index contributed by atoms with van der Waals surface area (Å²) in [6.07, 6.45) is -6.86. The molecule has 1 fully saturated rings. The highest BCUT2D eigenvalue weighted by molar-refractivity contribution is 5.79. The van der Waals surface area contributed by atoms with Gasteiger partial charge in [0.05, 0.1) is 13.2 Å². The number of hydrogen-bond acceptors (Lipinski definition) is 8. The number of ether oxygens (including phenoxy) is 2. The Bertz CT molecular complexity index is 645. The van der Waals surface area contributed by atoms with Crippen LogP contribution in [0.5, 0.6) is 0 Å². The summed E-state index contributed by atoms with van der Waals surface area (Å²) >= 11 is 0. The zero-order chi connectivity index (χ0) is 21.1. The maximum Gasteiger partial charge on any atom is 0.342 e. The lowest BCUT2D eigenvalue weighted by Gasteiger charge is -2.40. The van der Waals surface area contributed by atoms with E-state index in [1.165, 1.54) is 12.1 Å². The fourth-order valence-corrected chi connectivity index (χ4v) is 3.06. The molecule has 0 spiro atoms. The fraction of sp³-hybridized carbons (Fsp3) is 0.632. The standard InChI is InChI=1S/C19H28O9/c1-10(2)7-11-3-5-12(6-4-11)19(26,18(24)25)9-27-17-16(23)15(22)14(21)13(8-20)28-17/h3-6,10,13-17,20-23,26H,7-9H2,1-2H3,(H,24,25)/t13-,14-,15+,16-,17?,19?/m1/s1. The third-order valence-corrected chi connectivity index (χ3v) is 4.73. The van der Waals surface area contributed by atoms with Crippen molar-refractivity contribution in [3.05, 3.63) is 35.4 Å². The third-order valence-electron chi connectivity index (χ3n) is 4.73. The molecule has 9 nitrogen and oxygen atoms in total. The molecule has 0 radical (unpaired) electrons. The molecule has 28 heavy (non-hydrogen) atoms. The van der Waals surface area contributed by atoms with E-state index in [4.69, 9.17) is 9.47 Å². The van der Waals surface area contributed by atoms with E-state index < -0.39 is 55.5 Å². The van der Waals surface area contributed by atoms with Gasteiger partial charge in [0, 0.05) is 0 Å². The lowest BCUT2D eigenvalue weighted by atomic mass is 9.92. The topological polar surface area (TPSA) is 157 Å². The van der Waals surface area contributed by atoms with Crippen LogP contribution in [0, 0.1) is 5.92 Å². The Morgan fingerprint density at radius 3 is 2.25 bits per heavy atom. The molecule has 0 bridgehead atoms. The molecule has 6 atom stereocenters. The predicted octanol–water partition coefficient (Wildman–Crippen LogP) is -1.03. The van der Waals surface area contributed by atoms with Crippen LogP contribution in [-0.4, -0.2) is 80.5 Å². The number of rotatable bonds is 8. The minimum absolute atomic E-state index is 0.0806. The maximum atomic E-state index is 11.7. The van der Waals surface area contributed by atoms with Gasteiger partial charge < -0.3 is 40.1 Å². The number of benzene rings is 1. The summed E-state index contributed by atoms with van der Waals surface area (Å²) < 4.78 is 10.4. The number of aliphatic hydroxyl groups is 5. The van der Waals surface area contributed by atoms with Crippen LogP contribution < -0.4 is 0 Å². The van der Waals surface area contributed by atoms with E-state index >= 15 is 0 Å². The Kier molecular flexibility index (Phi) is 7.52. The molecular formula is C19H28O9. The molecule has 2 rings (SSSR count). The van der Waals surface area contributed by atoms with Crippen LogP contribution in [-0.2, 0) is 26.3 Å². The molecule has 0 saturated carbocycles. The highest BCUT2D eigenvalue weighted by Crippen LogP contribution is 2.27. The molecule has 1 aromatic carbocycles. The average Bonchev–Trinajstić information content (AvgIpc) is 2.65. The quantitative estimate of drug-likeness (QED) is 0.321. The molecule has 0 amide bonds. The van der Waals surface area contributed by atoms with E-state index in [0.717, 1.165) is 12.0 Å². The van der Waals surface area contributed by atoms with E-state index in [1.807, 2.05) is 0 Å². The number of carboxylic acid groups (broad SMARTS) is 1. The number of aliphatic carboxylic acids is 1. The van der Waals surface area contributed by atoms with Crippen molar-refractivity contribution < 1.29 is 44.9 Å². The van der Waals surface area contributed by atoms with Crippen LogP contribution in [0.4, 0.5) is 0 Å². The van der Waals surface area contributed by atoms with E-state index in [-0.39, 0.29) is 5.56 Å². The van der Waals surface area contributed by atoms with Crippen LogP contribution in [0.1, 0.15) is 25.0 Å². The van der Waals surface area contributed by atoms with Crippen LogP contribution in [0.2, 0.25) is 0 Å². The molecule has 2 unspecified atom stereocenters. The van der Waals surface area contributed by atoms with Crippen LogP contribution in [0.15, 0.2) is 24.3 Å². The summed E-state index contributed by atoms with van der Waals surface area (Å²) in [4.78, 5) is 11.7. The molecule has 1 aliphatic rings. The van der Waals surface area contributed by atoms with Crippen molar-refractivity contribution in [2.24, 2.45) is 5.92 Å². The van der Waals surface area contributed by atoms with Crippen LogP contribution in [0.25, 0.3) is 0 Å². The van der Waals surface area contributed by atoms with E-state index in [9.17, 15) is 35.4 Å². The van der Waals surface area contributed by atoms with E-state index in [2.05, 4.69) is 13.8 Å². The molecular weight excluding hydrogens is 372 g/mol. The van der Waals surface area contributed by atoms with Gasteiger partial charge in [-0.2, -0.15) is 0 Å². The van der Waals surface area contributed by atoms with Crippen molar-refractivity contribution in [3.8, 4) is 0 Å². The molecule has 6 N–H and O–H groups in total. The first-order valence-corrected chi connectivity index (χ1v) is 9.07. The van der Waals surface area contributed by atoms with Gasteiger partial charge in [-0.05, 0) is 23.5 Å².